The van der Waals surface area contributed by atoms with Crippen molar-refractivity contribution in [3.63, 3.8) is 0 Å². The lowest BCUT2D eigenvalue weighted by atomic mass is 10.2. The van der Waals surface area contributed by atoms with Crippen LogP contribution in [0.1, 0.15) is 23.2 Å². The molecular weight excluding hydrogens is 350 g/mol. The summed E-state index contributed by atoms with van der Waals surface area (Å²) in [6, 6.07) is 5.51. The van der Waals surface area contributed by atoms with Crippen LogP contribution in [-0.4, -0.2) is 25.2 Å². The molecule has 0 radical (unpaired) electrons. The molecule has 1 unspecified atom stereocenters. The topological polar surface area (TPSA) is 38.3 Å². The Hall–Kier alpha value is -0.390. The van der Waals surface area contributed by atoms with Crippen LogP contribution in [0.5, 0.6) is 0 Å². The Kier molecular flexibility index (Phi) is 4.59. The summed E-state index contributed by atoms with van der Waals surface area (Å²) in [6.07, 6.45) is 2.29. The molecule has 1 atom stereocenters. The van der Waals surface area contributed by atoms with Crippen LogP contribution in [0.3, 0.4) is 0 Å². The van der Waals surface area contributed by atoms with Gasteiger partial charge in [0.15, 0.2) is 0 Å². The predicted molar refractivity (Wildman–Crippen MR) is 73.1 cm³/mol. The second-order valence-corrected chi connectivity index (χ2v) is 5.74. The van der Waals surface area contributed by atoms with Gasteiger partial charge in [0.2, 0.25) is 0 Å². The lowest BCUT2D eigenvalue weighted by molar-refractivity contribution is 0.0857. The third kappa shape index (κ3) is 3.53. The monoisotopic (exact) mass is 361 g/mol. The molecule has 0 saturated carbocycles. The van der Waals surface area contributed by atoms with Crippen molar-refractivity contribution < 1.29 is 9.53 Å². The standard InChI is InChI=1S/C12H13Br2NO2/c13-8-3-4-10(11(14)6-8)12(16)15-7-9-2-1-5-17-9/h3-4,6,9H,1-2,5,7H2,(H,15,16). The normalized spacial score (nSPS) is 19.3. The van der Waals surface area contributed by atoms with Gasteiger partial charge < -0.3 is 10.1 Å². The SMILES string of the molecule is O=C(NCC1CCCO1)c1ccc(Br)cc1Br. The van der Waals surface area contributed by atoms with Crippen LogP contribution in [0.15, 0.2) is 27.1 Å². The van der Waals surface area contributed by atoms with Crippen LogP contribution in [0.4, 0.5) is 0 Å². The molecule has 5 heteroatoms. The van der Waals surface area contributed by atoms with Gasteiger partial charge in [-0.15, -0.1) is 0 Å². The highest BCUT2D eigenvalue weighted by atomic mass is 79.9. The summed E-state index contributed by atoms with van der Waals surface area (Å²) in [4.78, 5) is 11.9. The van der Waals surface area contributed by atoms with E-state index in [1.165, 1.54) is 0 Å². The molecule has 1 saturated heterocycles. The van der Waals surface area contributed by atoms with E-state index in [-0.39, 0.29) is 12.0 Å². The molecule has 1 N–H and O–H groups in total. The van der Waals surface area contributed by atoms with Crippen LogP contribution in [0, 0.1) is 0 Å². The van der Waals surface area contributed by atoms with E-state index in [2.05, 4.69) is 37.2 Å². The molecule has 0 aromatic heterocycles. The number of halogens is 2. The zero-order valence-corrected chi connectivity index (χ0v) is 12.4. The van der Waals surface area contributed by atoms with Crippen molar-refractivity contribution in [1.82, 2.24) is 5.32 Å². The minimum absolute atomic E-state index is 0.0696. The Morgan fingerprint density at radius 3 is 2.94 bits per heavy atom. The summed E-state index contributed by atoms with van der Waals surface area (Å²) >= 11 is 6.74. The molecule has 17 heavy (non-hydrogen) atoms. The van der Waals surface area contributed by atoms with Crippen molar-refractivity contribution in [2.75, 3.05) is 13.2 Å². The van der Waals surface area contributed by atoms with E-state index in [9.17, 15) is 4.79 Å². The fourth-order valence-electron chi connectivity index (χ4n) is 1.78. The highest BCUT2D eigenvalue weighted by Crippen LogP contribution is 2.22. The van der Waals surface area contributed by atoms with Crippen LogP contribution in [-0.2, 0) is 4.74 Å². The number of amides is 1. The number of carbonyl (C=O) groups excluding carboxylic acids is 1. The Balaban J connectivity index is 1.94. The summed E-state index contributed by atoms with van der Waals surface area (Å²) in [6.45, 7) is 1.39. The zero-order chi connectivity index (χ0) is 12.3. The Morgan fingerprint density at radius 1 is 1.47 bits per heavy atom. The van der Waals surface area contributed by atoms with Gasteiger partial charge in [0.1, 0.15) is 0 Å². The van der Waals surface area contributed by atoms with E-state index in [1.54, 1.807) is 6.07 Å². The van der Waals surface area contributed by atoms with E-state index in [0.29, 0.717) is 12.1 Å². The average Bonchev–Trinajstić information content (AvgIpc) is 2.78. The summed E-state index contributed by atoms with van der Waals surface area (Å²) in [5.74, 6) is -0.0696. The van der Waals surface area contributed by atoms with Gasteiger partial charge in [0.05, 0.1) is 11.7 Å². The first-order chi connectivity index (χ1) is 8.16. The molecule has 0 aliphatic carbocycles. The molecule has 1 fully saturated rings. The molecule has 2 rings (SSSR count). The lowest BCUT2D eigenvalue weighted by Gasteiger charge is -2.11. The van der Waals surface area contributed by atoms with E-state index in [0.717, 1.165) is 28.4 Å². The van der Waals surface area contributed by atoms with Crippen LogP contribution in [0.25, 0.3) is 0 Å². The molecular formula is C12H13Br2NO2. The second-order valence-electron chi connectivity index (χ2n) is 3.97. The minimum atomic E-state index is -0.0696. The average molecular weight is 363 g/mol. The van der Waals surface area contributed by atoms with Gasteiger partial charge >= 0.3 is 0 Å². The van der Waals surface area contributed by atoms with Gasteiger partial charge in [-0.1, -0.05) is 15.9 Å². The van der Waals surface area contributed by atoms with Crippen molar-refractivity contribution in [3.05, 3.63) is 32.7 Å². The maximum atomic E-state index is 11.9. The first-order valence-electron chi connectivity index (χ1n) is 5.51. The van der Waals surface area contributed by atoms with E-state index < -0.39 is 0 Å². The van der Waals surface area contributed by atoms with Crippen LogP contribution < -0.4 is 5.32 Å². The molecule has 0 spiro atoms. The van der Waals surface area contributed by atoms with Crippen molar-refractivity contribution in [3.8, 4) is 0 Å². The minimum Gasteiger partial charge on any atom is -0.376 e. The number of hydrogen-bond acceptors (Lipinski definition) is 2. The Labute approximate surface area is 117 Å². The molecule has 3 nitrogen and oxygen atoms in total. The number of benzene rings is 1. The maximum Gasteiger partial charge on any atom is 0.252 e. The van der Waals surface area contributed by atoms with Gasteiger partial charge in [-0.25, -0.2) is 0 Å². The number of nitrogens with one attached hydrogen (secondary N) is 1. The van der Waals surface area contributed by atoms with Gasteiger partial charge in [-0.2, -0.15) is 0 Å². The first-order valence-corrected chi connectivity index (χ1v) is 7.10. The second kappa shape index (κ2) is 5.98. The summed E-state index contributed by atoms with van der Waals surface area (Å²) in [5, 5.41) is 2.89. The molecule has 1 aromatic carbocycles. The van der Waals surface area contributed by atoms with Crippen LogP contribution in [0.2, 0.25) is 0 Å². The fraction of sp³-hybridized carbons (Fsp3) is 0.417. The van der Waals surface area contributed by atoms with E-state index >= 15 is 0 Å². The van der Waals surface area contributed by atoms with E-state index in [1.807, 2.05) is 12.1 Å². The van der Waals surface area contributed by atoms with Crippen molar-refractivity contribution in [2.24, 2.45) is 0 Å². The fourth-order valence-corrected chi connectivity index (χ4v) is 3.01. The maximum absolute atomic E-state index is 11.9. The van der Waals surface area contributed by atoms with Crippen molar-refractivity contribution in [2.45, 2.75) is 18.9 Å². The summed E-state index contributed by atoms with van der Waals surface area (Å²) in [7, 11) is 0. The highest BCUT2D eigenvalue weighted by molar-refractivity contribution is 9.11. The van der Waals surface area contributed by atoms with Gasteiger partial charge in [0.25, 0.3) is 5.91 Å². The number of ether oxygens (including phenoxy) is 1. The Bertz CT molecular complexity index is 417. The number of rotatable bonds is 3. The van der Waals surface area contributed by atoms with Gasteiger partial charge in [-0.3, -0.25) is 4.79 Å². The largest absolute Gasteiger partial charge is 0.376 e. The third-order valence-electron chi connectivity index (χ3n) is 2.69. The van der Waals surface area contributed by atoms with Gasteiger partial charge in [-0.05, 0) is 47.0 Å². The Morgan fingerprint density at radius 2 is 2.29 bits per heavy atom. The molecule has 1 heterocycles. The third-order valence-corrected chi connectivity index (χ3v) is 3.84. The molecule has 1 aromatic rings. The van der Waals surface area contributed by atoms with E-state index in [4.69, 9.17) is 4.74 Å². The molecule has 1 amide bonds. The summed E-state index contributed by atoms with van der Waals surface area (Å²) < 4.78 is 7.19. The molecule has 1 aliphatic heterocycles. The predicted octanol–water partition coefficient (Wildman–Crippen LogP) is 3.12. The quantitative estimate of drug-likeness (QED) is 0.897. The lowest BCUT2D eigenvalue weighted by Crippen LogP contribution is -2.31. The van der Waals surface area contributed by atoms with Gasteiger partial charge in [0, 0.05) is 22.1 Å². The van der Waals surface area contributed by atoms with Crippen LogP contribution >= 0.6 is 31.9 Å². The number of carbonyl (C=O) groups is 1. The first kappa shape index (κ1) is 13.1. The van der Waals surface area contributed by atoms with Crippen molar-refractivity contribution in [1.29, 1.82) is 0 Å². The highest BCUT2D eigenvalue weighted by Gasteiger charge is 2.17. The molecule has 92 valence electrons. The number of hydrogen-bond donors (Lipinski definition) is 1. The summed E-state index contributed by atoms with van der Waals surface area (Å²) in [5.41, 5.74) is 0.645. The zero-order valence-electron chi connectivity index (χ0n) is 9.21. The molecule has 1 aliphatic rings. The van der Waals surface area contributed by atoms with Crippen molar-refractivity contribution >= 4 is 37.8 Å². The molecule has 0 bridgehead atoms. The smallest absolute Gasteiger partial charge is 0.252 e.